The number of hydrogen-bond donors (Lipinski definition) is 2. The molecule has 2 atom stereocenters. The van der Waals surface area contributed by atoms with Crippen molar-refractivity contribution < 1.29 is 9.84 Å². The van der Waals surface area contributed by atoms with Crippen molar-refractivity contribution in [1.29, 1.82) is 0 Å². The van der Waals surface area contributed by atoms with Crippen LogP contribution in [0.15, 0.2) is 18.3 Å². The van der Waals surface area contributed by atoms with E-state index in [0.717, 1.165) is 24.3 Å². The second-order valence-electron chi connectivity index (χ2n) is 6.02. The fourth-order valence-corrected chi connectivity index (χ4v) is 2.60. The highest BCUT2D eigenvalue weighted by Gasteiger charge is 2.33. The molecule has 2 heterocycles. The zero-order valence-corrected chi connectivity index (χ0v) is 12.5. The van der Waals surface area contributed by atoms with E-state index in [1.165, 1.54) is 0 Å². The first-order valence-electron chi connectivity index (χ1n) is 7.20. The molecule has 1 saturated heterocycles. The molecule has 2 rings (SSSR count). The van der Waals surface area contributed by atoms with Crippen molar-refractivity contribution >= 4 is 5.69 Å². The van der Waals surface area contributed by atoms with Crippen molar-refractivity contribution in [3.8, 4) is 0 Å². The van der Waals surface area contributed by atoms with Crippen molar-refractivity contribution in [3.05, 3.63) is 24.0 Å². The lowest BCUT2D eigenvalue weighted by atomic mass is 10.0. The van der Waals surface area contributed by atoms with Crippen LogP contribution in [-0.2, 0) is 4.74 Å². The van der Waals surface area contributed by atoms with Gasteiger partial charge in [-0.15, -0.1) is 0 Å². The summed E-state index contributed by atoms with van der Waals surface area (Å²) in [5, 5.41) is 9.35. The average Bonchev–Trinajstić information content (AvgIpc) is 2.44. The van der Waals surface area contributed by atoms with E-state index in [1.54, 1.807) is 0 Å². The first-order chi connectivity index (χ1) is 9.45. The number of nitrogens with two attached hydrogens (primary N) is 1. The van der Waals surface area contributed by atoms with Crippen LogP contribution < -0.4 is 10.6 Å². The molecule has 1 aliphatic rings. The Hall–Kier alpha value is -1.17. The number of aliphatic hydroxyl groups is 1. The van der Waals surface area contributed by atoms with Crippen LogP contribution >= 0.6 is 0 Å². The van der Waals surface area contributed by atoms with Gasteiger partial charge >= 0.3 is 0 Å². The van der Waals surface area contributed by atoms with Crippen LogP contribution in [-0.4, -0.2) is 41.5 Å². The van der Waals surface area contributed by atoms with Crippen LogP contribution in [0, 0.1) is 0 Å². The van der Waals surface area contributed by atoms with Gasteiger partial charge in [0.2, 0.25) is 0 Å². The van der Waals surface area contributed by atoms with Gasteiger partial charge in [-0.25, -0.2) is 0 Å². The third kappa shape index (κ3) is 3.48. The summed E-state index contributed by atoms with van der Waals surface area (Å²) in [6.07, 6.45) is 2.58. The van der Waals surface area contributed by atoms with Gasteiger partial charge in [0, 0.05) is 19.1 Å². The predicted molar refractivity (Wildman–Crippen MR) is 79.7 cm³/mol. The van der Waals surface area contributed by atoms with Crippen LogP contribution in [0.2, 0.25) is 0 Å². The Morgan fingerprint density at radius 2 is 2.30 bits per heavy atom. The topological polar surface area (TPSA) is 71.6 Å². The molecule has 0 spiro atoms. The van der Waals surface area contributed by atoms with E-state index < -0.39 is 0 Å². The minimum Gasteiger partial charge on any atom is -0.394 e. The SMILES string of the molecule is CC[C@@H](N)c1ccc(N2CC(CO)OC(C)(C)C2)cn1. The van der Waals surface area contributed by atoms with Gasteiger partial charge in [0.1, 0.15) is 0 Å². The molecule has 0 saturated carbocycles. The minimum atomic E-state index is -0.274. The summed E-state index contributed by atoms with van der Waals surface area (Å²) >= 11 is 0. The summed E-state index contributed by atoms with van der Waals surface area (Å²) in [5.74, 6) is 0. The van der Waals surface area contributed by atoms with Crippen molar-refractivity contribution in [2.24, 2.45) is 5.73 Å². The van der Waals surface area contributed by atoms with Crippen LogP contribution in [0.4, 0.5) is 5.69 Å². The Balaban J connectivity index is 2.14. The zero-order valence-electron chi connectivity index (χ0n) is 12.5. The lowest BCUT2D eigenvalue weighted by Gasteiger charge is -2.43. The summed E-state index contributed by atoms with van der Waals surface area (Å²) in [5.41, 5.74) is 7.67. The number of morpholine rings is 1. The molecule has 1 fully saturated rings. The van der Waals surface area contributed by atoms with Crippen molar-refractivity contribution in [3.63, 3.8) is 0 Å². The molecule has 5 heteroatoms. The largest absolute Gasteiger partial charge is 0.394 e. The number of anilines is 1. The van der Waals surface area contributed by atoms with E-state index in [2.05, 4.69) is 16.8 Å². The highest BCUT2D eigenvalue weighted by Crippen LogP contribution is 2.26. The smallest absolute Gasteiger partial charge is 0.0988 e. The second-order valence-corrected chi connectivity index (χ2v) is 6.02. The summed E-state index contributed by atoms with van der Waals surface area (Å²) in [6, 6.07) is 4.03. The number of aromatic nitrogens is 1. The van der Waals surface area contributed by atoms with Gasteiger partial charge in [-0.05, 0) is 32.4 Å². The number of hydrogen-bond acceptors (Lipinski definition) is 5. The Morgan fingerprint density at radius 1 is 1.55 bits per heavy atom. The number of ether oxygens (including phenoxy) is 1. The molecule has 1 aromatic rings. The average molecular weight is 279 g/mol. The molecular formula is C15H25N3O2. The number of nitrogens with zero attached hydrogens (tertiary/aromatic N) is 2. The van der Waals surface area contributed by atoms with Crippen LogP contribution in [0.5, 0.6) is 0 Å². The lowest BCUT2D eigenvalue weighted by molar-refractivity contribution is -0.101. The van der Waals surface area contributed by atoms with Gasteiger partial charge in [-0.3, -0.25) is 4.98 Å². The summed E-state index contributed by atoms with van der Waals surface area (Å²) in [7, 11) is 0. The number of aliphatic hydroxyl groups excluding tert-OH is 1. The number of rotatable bonds is 4. The highest BCUT2D eigenvalue weighted by atomic mass is 16.5. The fourth-order valence-electron chi connectivity index (χ4n) is 2.60. The van der Waals surface area contributed by atoms with E-state index in [4.69, 9.17) is 10.5 Å². The van der Waals surface area contributed by atoms with E-state index in [-0.39, 0.29) is 24.4 Å². The van der Waals surface area contributed by atoms with Gasteiger partial charge in [0.05, 0.1) is 35.9 Å². The van der Waals surface area contributed by atoms with Crippen LogP contribution in [0.3, 0.4) is 0 Å². The molecule has 0 aliphatic carbocycles. The first kappa shape index (κ1) is 15.2. The van der Waals surface area contributed by atoms with Crippen molar-refractivity contribution in [2.75, 3.05) is 24.6 Å². The first-order valence-corrected chi connectivity index (χ1v) is 7.20. The molecule has 5 nitrogen and oxygen atoms in total. The van der Waals surface area contributed by atoms with Gasteiger partial charge in [-0.1, -0.05) is 6.92 Å². The van der Waals surface area contributed by atoms with E-state index in [0.29, 0.717) is 6.54 Å². The van der Waals surface area contributed by atoms with Crippen LogP contribution in [0.25, 0.3) is 0 Å². The zero-order chi connectivity index (χ0) is 14.8. The summed E-state index contributed by atoms with van der Waals surface area (Å²) in [6.45, 7) is 7.63. The minimum absolute atomic E-state index is 0.00429. The molecule has 0 bridgehead atoms. The Labute approximate surface area is 120 Å². The lowest BCUT2D eigenvalue weighted by Crippen LogP contribution is -2.54. The highest BCUT2D eigenvalue weighted by molar-refractivity contribution is 5.46. The molecule has 1 aliphatic heterocycles. The van der Waals surface area contributed by atoms with Crippen molar-refractivity contribution in [2.45, 2.75) is 44.9 Å². The Morgan fingerprint density at radius 3 is 2.85 bits per heavy atom. The molecule has 1 unspecified atom stereocenters. The number of pyridine rings is 1. The monoisotopic (exact) mass is 279 g/mol. The van der Waals surface area contributed by atoms with Gasteiger partial charge in [0.15, 0.2) is 0 Å². The molecule has 3 N–H and O–H groups in total. The van der Waals surface area contributed by atoms with E-state index in [1.807, 2.05) is 32.2 Å². The quantitative estimate of drug-likeness (QED) is 0.873. The maximum atomic E-state index is 9.35. The van der Waals surface area contributed by atoms with E-state index in [9.17, 15) is 5.11 Å². The molecule has 112 valence electrons. The Bertz CT molecular complexity index is 433. The normalized spacial score (nSPS) is 23.6. The third-order valence-electron chi connectivity index (χ3n) is 3.64. The van der Waals surface area contributed by atoms with E-state index >= 15 is 0 Å². The van der Waals surface area contributed by atoms with Crippen LogP contribution in [0.1, 0.15) is 38.9 Å². The summed E-state index contributed by atoms with van der Waals surface area (Å²) < 4.78 is 5.82. The molecular weight excluding hydrogens is 254 g/mol. The third-order valence-corrected chi connectivity index (χ3v) is 3.64. The molecule has 1 aromatic heterocycles. The second kappa shape index (κ2) is 6.08. The maximum absolute atomic E-state index is 9.35. The standard InChI is InChI=1S/C15H25N3O2/c1-4-13(16)14-6-5-11(7-17-14)18-8-12(9-19)20-15(2,3)10-18/h5-7,12-13,19H,4,8-10,16H2,1-3H3/t12?,13-/m1/s1. The van der Waals surface area contributed by atoms with Crippen molar-refractivity contribution in [1.82, 2.24) is 4.98 Å². The van der Waals surface area contributed by atoms with Gasteiger partial charge in [-0.2, -0.15) is 0 Å². The fraction of sp³-hybridized carbons (Fsp3) is 0.667. The molecule has 20 heavy (non-hydrogen) atoms. The molecule has 0 amide bonds. The molecule has 0 aromatic carbocycles. The summed E-state index contributed by atoms with van der Waals surface area (Å²) in [4.78, 5) is 6.66. The maximum Gasteiger partial charge on any atom is 0.0988 e. The van der Waals surface area contributed by atoms with Gasteiger partial charge in [0.25, 0.3) is 0 Å². The van der Waals surface area contributed by atoms with Gasteiger partial charge < -0.3 is 20.5 Å². The Kier molecular flexibility index (Phi) is 4.62. The molecule has 0 radical (unpaired) electrons. The predicted octanol–water partition coefficient (Wildman–Crippen LogP) is 1.47.